The molecule has 4 nitrogen and oxygen atoms in total. The molecule has 0 bridgehead atoms. The van der Waals surface area contributed by atoms with E-state index < -0.39 is 0 Å². The molecule has 5 aliphatic carbocycles. The zero-order valence-corrected chi connectivity index (χ0v) is 24.3. The summed E-state index contributed by atoms with van der Waals surface area (Å²) in [4.78, 5) is 13.9. The Balaban J connectivity index is 1.19. The van der Waals surface area contributed by atoms with Crippen molar-refractivity contribution >= 4 is 5.91 Å². The molecule has 5 saturated carbocycles. The molecular formula is C34H51NO3. The fourth-order valence-corrected chi connectivity index (χ4v) is 11.8. The number of hydrogen-bond donors (Lipinski definition) is 3. The molecular weight excluding hydrogens is 470 g/mol. The van der Waals surface area contributed by atoms with Gasteiger partial charge in [-0.2, -0.15) is 0 Å². The molecule has 9 unspecified atom stereocenters. The van der Waals surface area contributed by atoms with Crippen LogP contribution in [0.4, 0.5) is 0 Å². The van der Waals surface area contributed by atoms with Gasteiger partial charge in [0.05, 0.1) is 11.5 Å². The van der Waals surface area contributed by atoms with Gasteiger partial charge in [-0.25, -0.2) is 0 Å². The van der Waals surface area contributed by atoms with Crippen LogP contribution in [0.1, 0.15) is 104 Å². The Labute approximate surface area is 230 Å². The summed E-state index contributed by atoms with van der Waals surface area (Å²) in [6.07, 6.45) is 13.6. The minimum Gasteiger partial charge on any atom is -0.508 e. The fraction of sp³-hybridized carbons (Fsp3) is 0.794. The molecule has 0 saturated heterocycles. The number of phenolic OH excluding ortho intramolecular Hbond substituents is 1. The van der Waals surface area contributed by atoms with Crippen LogP contribution in [0.3, 0.4) is 0 Å². The van der Waals surface area contributed by atoms with Crippen LogP contribution >= 0.6 is 0 Å². The van der Waals surface area contributed by atoms with Crippen LogP contribution in [-0.4, -0.2) is 28.8 Å². The molecule has 0 heterocycles. The quantitative estimate of drug-likeness (QED) is 0.405. The van der Waals surface area contributed by atoms with Crippen molar-refractivity contribution < 1.29 is 15.0 Å². The maximum absolute atomic E-state index is 13.9. The third kappa shape index (κ3) is 3.82. The summed E-state index contributed by atoms with van der Waals surface area (Å²) in [6, 6.07) is 7.40. The average molecular weight is 522 g/mol. The van der Waals surface area contributed by atoms with Gasteiger partial charge in [-0.1, -0.05) is 46.2 Å². The molecule has 1 aromatic carbocycles. The summed E-state index contributed by atoms with van der Waals surface area (Å²) in [5.41, 5.74) is 1.61. The molecule has 5 aliphatic rings. The zero-order chi connectivity index (χ0) is 26.9. The van der Waals surface area contributed by atoms with Crippen molar-refractivity contribution in [2.75, 3.05) is 6.54 Å². The molecule has 38 heavy (non-hydrogen) atoms. The maximum atomic E-state index is 13.9. The van der Waals surface area contributed by atoms with Gasteiger partial charge in [0, 0.05) is 6.54 Å². The van der Waals surface area contributed by atoms with Crippen molar-refractivity contribution in [3.05, 3.63) is 29.8 Å². The van der Waals surface area contributed by atoms with Gasteiger partial charge in [-0.05, 0) is 134 Å². The minimum absolute atomic E-state index is 0.00886. The molecule has 1 aromatic rings. The van der Waals surface area contributed by atoms with E-state index in [0.717, 1.165) is 43.1 Å². The highest BCUT2D eigenvalue weighted by atomic mass is 16.3. The molecule has 9 atom stereocenters. The van der Waals surface area contributed by atoms with Crippen LogP contribution < -0.4 is 5.32 Å². The predicted octanol–water partition coefficient (Wildman–Crippen LogP) is 6.88. The Morgan fingerprint density at radius 3 is 2.47 bits per heavy atom. The summed E-state index contributed by atoms with van der Waals surface area (Å²) >= 11 is 0. The lowest BCUT2D eigenvalue weighted by atomic mass is 9.36. The van der Waals surface area contributed by atoms with Crippen molar-refractivity contribution in [2.45, 2.75) is 111 Å². The van der Waals surface area contributed by atoms with E-state index in [9.17, 15) is 15.0 Å². The van der Waals surface area contributed by atoms with Gasteiger partial charge in [0.1, 0.15) is 5.75 Å². The van der Waals surface area contributed by atoms with Crippen molar-refractivity contribution in [1.29, 1.82) is 0 Å². The van der Waals surface area contributed by atoms with Crippen LogP contribution in [0, 0.1) is 51.2 Å². The second kappa shape index (κ2) is 9.25. The molecule has 6 rings (SSSR count). The number of carbonyl (C=O) groups is 1. The van der Waals surface area contributed by atoms with Gasteiger partial charge in [0.25, 0.3) is 0 Å². The van der Waals surface area contributed by atoms with Crippen molar-refractivity contribution in [3.63, 3.8) is 0 Å². The van der Waals surface area contributed by atoms with E-state index >= 15 is 0 Å². The molecule has 0 radical (unpaired) electrons. The lowest BCUT2D eigenvalue weighted by Crippen LogP contribution is -2.63. The Hall–Kier alpha value is -1.55. The van der Waals surface area contributed by atoms with Gasteiger partial charge in [-0.3, -0.25) is 4.79 Å². The monoisotopic (exact) mass is 521 g/mol. The van der Waals surface area contributed by atoms with Crippen molar-refractivity contribution in [2.24, 2.45) is 51.2 Å². The number of hydrogen-bond acceptors (Lipinski definition) is 3. The van der Waals surface area contributed by atoms with Gasteiger partial charge >= 0.3 is 0 Å². The lowest BCUT2D eigenvalue weighted by molar-refractivity contribution is -0.214. The normalized spacial score (nSPS) is 45.3. The predicted molar refractivity (Wildman–Crippen MR) is 151 cm³/mol. The average Bonchev–Trinajstić information content (AvgIpc) is 3.32. The smallest absolute Gasteiger partial charge is 0.226 e. The van der Waals surface area contributed by atoms with Crippen LogP contribution in [0.15, 0.2) is 24.3 Å². The second-order valence-corrected chi connectivity index (χ2v) is 15.2. The first-order valence-corrected chi connectivity index (χ1v) is 15.8. The standard InChI is InChI=1S/C34H51NO3/c1-31(2)27-13-17-32(3)25-12-19-34(30(38)35-20-15-22-7-5-8-23(36)21-22)16-6-9-26(34)24(25)10-11-28(32)33(27,4)18-14-29(31)37/h5,7-8,21,24-29,36-37H,6,9-20H2,1-4H3,(H,35,38). The first kappa shape index (κ1) is 26.7. The molecule has 0 aliphatic heterocycles. The first-order valence-electron chi connectivity index (χ1n) is 15.8. The molecule has 210 valence electrons. The van der Waals surface area contributed by atoms with E-state index in [1.165, 1.54) is 51.4 Å². The highest BCUT2D eigenvalue weighted by Gasteiger charge is 2.66. The number of rotatable bonds is 4. The van der Waals surface area contributed by atoms with Crippen molar-refractivity contribution in [3.8, 4) is 5.75 Å². The van der Waals surface area contributed by atoms with Crippen LogP contribution in [0.2, 0.25) is 0 Å². The third-order valence-electron chi connectivity index (χ3n) is 13.6. The van der Waals surface area contributed by atoms with E-state index in [2.05, 4.69) is 33.0 Å². The first-order chi connectivity index (χ1) is 18.0. The van der Waals surface area contributed by atoms with Gasteiger partial charge in [0.2, 0.25) is 5.91 Å². The summed E-state index contributed by atoms with van der Waals surface area (Å²) < 4.78 is 0. The second-order valence-electron chi connectivity index (χ2n) is 15.2. The minimum atomic E-state index is -0.166. The molecule has 1 amide bonds. The van der Waals surface area contributed by atoms with Crippen LogP contribution in [0.25, 0.3) is 0 Å². The number of benzene rings is 1. The summed E-state index contributed by atoms with van der Waals surface area (Å²) in [5.74, 6) is 3.92. The molecule has 5 fully saturated rings. The lowest BCUT2D eigenvalue weighted by Gasteiger charge is -2.69. The Morgan fingerprint density at radius 2 is 1.68 bits per heavy atom. The highest BCUT2D eigenvalue weighted by molar-refractivity contribution is 5.83. The molecule has 0 spiro atoms. The Bertz CT molecular complexity index is 1070. The van der Waals surface area contributed by atoms with E-state index in [4.69, 9.17) is 0 Å². The van der Waals surface area contributed by atoms with E-state index in [0.29, 0.717) is 46.8 Å². The number of phenols is 1. The molecule has 4 heteroatoms. The van der Waals surface area contributed by atoms with Crippen molar-refractivity contribution in [1.82, 2.24) is 5.32 Å². The summed E-state index contributed by atoms with van der Waals surface area (Å²) in [6.45, 7) is 10.6. The largest absolute Gasteiger partial charge is 0.508 e. The number of aliphatic hydroxyl groups excluding tert-OH is 1. The van der Waals surface area contributed by atoms with Gasteiger partial charge in [0.15, 0.2) is 0 Å². The molecule has 3 N–H and O–H groups in total. The number of nitrogens with one attached hydrogen (secondary N) is 1. The number of aromatic hydroxyl groups is 1. The Morgan fingerprint density at radius 1 is 0.895 bits per heavy atom. The third-order valence-corrected chi connectivity index (χ3v) is 13.6. The number of carbonyl (C=O) groups excluding carboxylic acids is 1. The van der Waals surface area contributed by atoms with E-state index in [1.807, 2.05) is 12.1 Å². The SMILES string of the molecule is CC1(C)C(O)CCC2(C)C1CCC1(C)C3CCC4(C(=O)NCCc5cccc(O)c5)CCCC4C3CCC12. The zero-order valence-electron chi connectivity index (χ0n) is 24.3. The Kier molecular flexibility index (Phi) is 6.49. The van der Waals surface area contributed by atoms with Crippen LogP contribution in [-0.2, 0) is 11.2 Å². The summed E-state index contributed by atoms with van der Waals surface area (Å²) in [7, 11) is 0. The van der Waals surface area contributed by atoms with Crippen LogP contribution in [0.5, 0.6) is 5.75 Å². The van der Waals surface area contributed by atoms with E-state index in [1.54, 1.807) is 12.1 Å². The number of fused-ring (bicyclic) bond motifs is 7. The highest BCUT2D eigenvalue weighted by Crippen LogP contribution is 2.72. The maximum Gasteiger partial charge on any atom is 0.226 e. The van der Waals surface area contributed by atoms with Gasteiger partial charge < -0.3 is 15.5 Å². The number of aliphatic hydroxyl groups is 1. The van der Waals surface area contributed by atoms with E-state index in [-0.39, 0.29) is 16.9 Å². The molecule has 0 aromatic heterocycles. The fourth-order valence-electron chi connectivity index (χ4n) is 11.8. The summed E-state index contributed by atoms with van der Waals surface area (Å²) in [5, 5.41) is 24.0. The number of amides is 1. The van der Waals surface area contributed by atoms with Gasteiger partial charge in [-0.15, -0.1) is 0 Å². The topological polar surface area (TPSA) is 69.6 Å².